The Morgan fingerprint density at radius 2 is 1.91 bits per heavy atom. The second kappa shape index (κ2) is 5.85. The van der Waals surface area contributed by atoms with E-state index in [1.807, 2.05) is 36.4 Å². The Kier molecular flexibility index (Phi) is 3.74. The third-order valence-electron chi connectivity index (χ3n) is 3.59. The average molecular weight is 292 g/mol. The maximum atomic E-state index is 12.3. The smallest absolute Gasteiger partial charge is 0.272 e. The minimum absolute atomic E-state index is 0.255. The van der Waals surface area contributed by atoms with Crippen LogP contribution in [-0.2, 0) is 6.42 Å². The van der Waals surface area contributed by atoms with Gasteiger partial charge < -0.3 is 10.3 Å². The molecule has 1 amide bonds. The van der Waals surface area contributed by atoms with E-state index in [0.717, 1.165) is 23.1 Å². The molecule has 0 fully saturated rings. The van der Waals surface area contributed by atoms with Gasteiger partial charge in [-0.05, 0) is 41.6 Å². The molecule has 0 saturated carbocycles. The van der Waals surface area contributed by atoms with E-state index in [-0.39, 0.29) is 17.2 Å². The molecular weight excluding hydrogens is 276 g/mol. The second-order valence-corrected chi connectivity index (χ2v) is 5.11. The molecule has 0 aliphatic heterocycles. The van der Waals surface area contributed by atoms with E-state index in [2.05, 4.69) is 17.2 Å². The summed E-state index contributed by atoms with van der Waals surface area (Å²) >= 11 is 0. The number of nitrogens with one attached hydrogen (secondary N) is 2. The minimum Gasteiger partial charge on any atom is -0.321 e. The highest BCUT2D eigenvalue weighted by Crippen LogP contribution is 2.14. The van der Waals surface area contributed by atoms with Gasteiger partial charge in [0.2, 0.25) is 0 Å². The van der Waals surface area contributed by atoms with Crippen molar-refractivity contribution >= 4 is 22.4 Å². The highest BCUT2D eigenvalue weighted by molar-refractivity contribution is 6.04. The van der Waals surface area contributed by atoms with Crippen molar-refractivity contribution in [2.75, 3.05) is 5.32 Å². The number of carbonyl (C=O) groups excluding carboxylic acids is 1. The number of amides is 1. The molecule has 0 aliphatic rings. The van der Waals surface area contributed by atoms with Crippen molar-refractivity contribution < 1.29 is 4.79 Å². The van der Waals surface area contributed by atoms with Crippen LogP contribution in [0.25, 0.3) is 10.8 Å². The van der Waals surface area contributed by atoms with Crippen LogP contribution in [0.3, 0.4) is 0 Å². The Hall–Kier alpha value is -2.88. The number of benzene rings is 2. The van der Waals surface area contributed by atoms with Gasteiger partial charge in [0.15, 0.2) is 0 Å². The van der Waals surface area contributed by atoms with E-state index < -0.39 is 0 Å². The number of fused-ring (bicyclic) bond motifs is 1. The molecule has 2 N–H and O–H groups in total. The van der Waals surface area contributed by atoms with Gasteiger partial charge in [-0.25, -0.2) is 0 Å². The van der Waals surface area contributed by atoms with Gasteiger partial charge in [0, 0.05) is 11.1 Å². The molecule has 4 nitrogen and oxygen atoms in total. The van der Waals surface area contributed by atoms with Crippen molar-refractivity contribution in [3.05, 3.63) is 76.2 Å². The maximum absolute atomic E-state index is 12.3. The number of carbonyl (C=O) groups is 1. The molecule has 0 saturated heterocycles. The predicted molar refractivity (Wildman–Crippen MR) is 88.3 cm³/mol. The molecule has 0 atom stereocenters. The van der Waals surface area contributed by atoms with Crippen LogP contribution in [0.1, 0.15) is 23.0 Å². The number of aromatic amines is 1. The summed E-state index contributed by atoms with van der Waals surface area (Å²) in [6, 6.07) is 16.6. The van der Waals surface area contributed by atoms with Crippen LogP contribution < -0.4 is 10.9 Å². The predicted octanol–water partition coefficient (Wildman–Crippen LogP) is 3.34. The van der Waals surface area contributed by atoms with E-state index in [9.17, 15) is 9.59 Å². The molecule has 0 unspecified atom stereocenters. The standard InChI is InChI=1S/C18H16N2O2/c1-2-12-6-5-8-14(10-12)19-18(22)16-11-13-7-3-4-9-15(13)17(21)20-16/h3-11H,2H2,1H3,(H,19,22)(H,20,21). The lowest BCUT2D eigenvalue weighted by atomic mass is 10.1. The Labute approximate surface area is 127 Å². The maximum Gasteiger partial charge on any atom is 0.272 e. The summed E-state index contributed by atoms with van der Waals surface area (Å²) in [6.45, 7) is 2.06. The largest absolute Gasteiger partial charge is 0.321 e. The summed E-state index contributed by atoms with van der Waals surface area (Å²) < 4.78 is 0. The minimum atomic E-state index is -0.323. The lowest BCUT2D eigenvalue weighted by Crippen LogP contribution is -2.18. The van der Waals surface area contributed by atoms with Gasteiger partial charge in [-0.2, -0.15) is 0 Å². The number of rotatable bonds is 3. The van der Waals surface area contributed by atoms with E-state index in [4.69, 9.17) is 0 Å². The molecule has 0 aliphatic carbocycles. The Morgan fingerprint density at radius 3 is 2.73 bits per heavy atom. The third-order valence-corrected chi connectivity index (χ3v) is 3.59. The Bertz CT molecular complexity index is 897. The van der Waals surface area contributed by atoms with E-state index in [1.54, 1.807) is 18.2 Å². The first-order chi connectivity index (χ1) is 10.7. The van der Waals surface area contributed by atoms with Crippen molar-refractivity contribution in [1.29, 1.82) is 0 Å². The molecule has 3 rings (SSSR count). The van der Waals surface area contributed by atoms with Gasteiger partial charge in [-0.3, -0.25) is 9.59 Å². The van der Waals surface area contributed by atoms with Crippen molar-refractivity contribution in [3.8, 4) is 0 Å². The Morgan fingerprint density at radius 1 is 1.09 bits per heavy atom. The fourth-order valence-corrected chi connectivity index (χ4v) is 2.40. The van der Waals surface area contributed by atoms with Crippen LogP contribution in [-0.4, -0.2) is 10.9 Å². The van der Waals surface area contributed by atoms with E-state index in [1.165, 1.54) is 0 Å². The first-order valence-corrected chi connectivity index (χ1v) is 7.19. The molecule has 0 spiro atoms. The van der Waals surface area contributed by atoms with Gasteiger partial charge in [0.05, 0.1) is 0 Å². The van der Waals surface area contributed by atoms with E-state index in [0.29, 0.717) is 5.39 Å². The Balaban J connectivity index is 1.93. The number of hydrogen-bond acceptors (Lipinski definition) is 2. The number of aromatic nitrogens is 1. The second-order valence-electron chi connectivity index (χ2n) is 5.11. The summed E-state index contributed by atoms with van der Waals surface area (Å²) in [4.78, 5) is 27.0. The number of anilines is 1. The topological polar surface area (TPSA) is 62.0 Å². The molecular formula is C18H16N2O2. The SMILES string of the molecule is CCc1cccc(NC(=O)c2cc3ccccc3c(=O)[nH]2)c1. The molecule has 4 heteroatoms. The third kappa shape index (κ3) is 2.76. The molecule has 110 valence electrons. The quantitative estimate of drug-likeness (QED) is 0.777. The van der Waals surface area contributed by atoms with Crippen molar-refractivity contribution in [2.45, 2.75) is 13.3 Å². The van der Waals surface area contributed by atoms with Crippen molar-refractivity contribution in [1.82, 2.24) is 4.98 Å². The number of hydrogen-bond donors (Lipinski definition) is 2. The highest BCUT2D eigenvalue weighted by Gasteiger charge is 2.09. The molecule has 0 radical (unpaired) electrons. The molecule has 0 bridgehead atoms. The molecule has 2 aromatic carbocycles. The zero-order valence-electron chi connectivity index (χ0n) is 12.2. The first kappa shape index (κ1) is 14.1. The summed E-state index contributed by atoms with van der Waals surface area (Å²) in [5.41, 5.74) is 1.86. The van der Waals surface area contributed by atoms with E-state index >= 15 is 0 Å². The molecule has 3 aromatic rings. The summed E-state index contributed by atoms with van der Waals surface area (Å²) in [6.07, 6.45) is 0.899. The van der Waals surface area contributed by atoms with Crippen molar-refractivity contribution in [3.63, 3.8) is 0 Å². The molecule has 22 heavy (non-hydrogen) atoms. The van der Waals surface area contributed by atoms with Crippen LogP contribution in [0, 0.1) is 0 Å². The fraction of sp³-hybridized carbons (Fsp3) is 0.111. The first-order valence-electron chi connectivity index (χ1n) is 7.19. The van der Waals surface area contributed by atoms with Gasteiger partial charge >= 0.3 is 0 Å². The number of pyridine rings is 1. The summed E-state index contributed by atoms with van der Waals surface area (Å²) in [5.74, 6) is -0.323. The van der Waals surface area contributed by atoms with Gasteiger partial charge in [0.1, 0.15) is 5.69 Å². The monoisotopic (exact) mass is 292 g/mol. The van der Waals surface area contributed by atoms with Crippen molar-refractivity contribution in [2.24, 2.45) is 0 Å². The molecule has 1 heterocycles. The van der Waals surface area contributed by atoms with Gasteiger partial charge in [-0.1, -0.05) is 37.3 Å². The average Bonchev–Trinajstić information content (AvgIpc) is 2.55. The lowest BCUT2D eigenvalue weighted by Gasteiger charge is -2.07. The fourth-order valence-electron chi connectivity index (χ4n) is 2.40. The van der Waals surface area contributed by atoms with Crippen LogP contribution in [0.15, 0.2) is 59.4 Å². The highest BCUT2D eigenvalue weighted by atomic mass is 16.2. The summed E-state index contributed by atoms with van der Waals surface area (Å²) in [7, 11) is 0. The number of aryl methyl sites for hydroxylation is 1. The normalized spacial score (nSPS) is 10.6. The molecule has 1 aromatic heterocycles. The van der Waals surface area contributed by atoms with Crippen LogP contribution in [0.5, 0.6) is 0 Å². The zero-order chi connectivity index (χ0) is 15.5. The van der Waals surface area contributed by atoms with Gasteiger partial charge in [-0.15, -0.1) is 0 Å². The summed E-state index contributed by atoms with van der Waals surface area (Å²) in [5, 5.41) is 4.14. The van der Waals surface area contributed by atoms with Gasteiger partial charge in [0.25, 0.3) is 11.5 Å². The zero-order valence-corrected chi connectivity index (χ0v) is 12.2. The number of H-pyrrole nitrogens is 1. The lowest BCUT2D eigenvalue weighted by molar-refractivity contribution is 0.102. The van der Waals surface area contributed by atoms with Crippen LogP contribution in [0.4, 0.5) is 5.69 Å². The van der Waals surface area contributed by atoms with Crippen LogP contribution >= 0.6 is 0 Å². The van der Waals surface area contributed by atoms with Crippen LogP contribution in [0.2, 0.25) is 0 Å².